The second-order valence-electron chi connectivity index (χ2n) is 5.65. The predicted molar refractivity (Wildman–Crippen MR) is 79.5 cm³/mol. The molecule has 0 spiro atoms. The second-order valence-corrected chi connectivity index (χ2v) is 5.65. The zero-order chi connectivity index (χ0) is 12.7. The van der Waals surface area contributed by atoms with E-state index in [2.05, 4.69) is 11.8 Å². The molecule has 19 heavy (non-hydrogen) atoms. The maximum atomic E-state index is 12.6. The molecular formula is C15H21ClN2O. The van der Waals surface area contributed by atoms with Crippen LogP contribution < -0.4 is 5.73 Å². The highest BCUT2D eigenvalue weighted by molar-refractivity contribution is 5.95. The highest BCUT2D eigenvalue weighted by atomic mass is 35.5. The number of carbonyl (C=O) groups is 1. The van der Waals surface area contributed by atoms with Crippen LogP contribution in [0, 0.1) is 5.92 Å². The molecule has 2 aliphatic carbocycles. The zero-order valence-electron chi connectivity index (χ0n) is 11.2. The molecule has 1 atom stereocenters. The summed E-state index contributed by atoms with van der Waals surface area (Å²) in [5, 5.41) is 0. The van der Waals surface area contributed by atoms with Crippen molar-refractivity contribution in [2.45, 2.75) is 44.7 Å². The van der Waals surface area contributed by atoms with Gasteiger partial charge in [-0.3, -0.25) is 4.79 Å². The maximum absolute atomic E-state index is 12.6. The first-order valence-electron chi connectivity index (χ1n) is 6.85. The molecule has 0 heterocycles. The van der Waals surface area contributed by atoms with E-state index in [1.165, 1.54) is 12.8 Å². The molecule has 3 nitrogen and oxygen atoms in total. The third-order valence-corrected chi connectivity index (χ3v) is 4.05. The van der Waals surface area contributed by atoms with Gasteiger partial charge < -0.3 is 10.6 Å². The Morgan fingerprint density at radius 2 is 2.00 bits per heavy atom. The van der Waals surface area contributed by atoms with Crippen molar-refractivity contribution in [2.24, 2.45) is 5.92 Å². The topological polar surface area (TPSA) is 46.3 Å². The summed E-state index contributed by atoms with van der Waals surface area (Å²) < 4.78 is 0. The van der Waals surface area contributed by atoms with Gasteiger partial charge in [0.05, 0.1) is 0 Å². The Kier molecular flexibility index (Phi) is 4.04. The van der Waals surface area contributed by atoms with Gasteiger partial charge in [-0.05, 0) is 56.7 Å². The molecule has 1 aromatic carbocycles. The first-order valence-corrected chi connectivity index (χ1v) is 6.85. The van der Waals surface area contributed by atoms with Gasteiger partial charge in [0.25, 0.3) is 5.91 Å². The minimum Gasteiger partial charge on any atom is -0.399 e. The third-order valence-electron chi connectivity index (χ3n) is 4.05. The van der Waals surface area contributed by atoms with Gasteiger partial charge in [-0.2, -0.15) is 0 Å². The zero-order valence-corrected chi connectivity index (χ0v) is 12.0. The van der Waals surface area contributed by atoms with Gasteiger partial charge in [-0.15, -0.1) is 12.4 Å². The molecule has 3 rings (SSSR count). The summed E-state index contributed by atoms with van der Waals surface area (Å²) in [6, 6.07) is 8.18. The van der Waals surface area contributed by atoms with Crippen LogP contribution in [-0.2, 0) is 0 Å². The molecule has 2 N–H and O–H groups in total. The fourth-order valence-electron chi connectivity index (χ4n) is 2.66. The smallest absolute Gasteiger partial charge is 0.254 e. The molecule has 0 aromatic heterocycles. The molecule has 0 aliphatic heterocycles. The van der Waals surface area contributed by atoms with Crippen molar-refractivity contribution in [3.63, 3.8) is 0 Å². The quantitative estimate of drug-likeness (QED) is 0.862. The molecule has 1 unspecified atom stereocenters. The van der Waals surface area contributed by atoms with E-state index in [0.29, 0.717) is 17.8 Å². The molecule has 0 saturated heterocycles. The molecule has 2 saturated carbocycles. The number of amides is 1. The van der Waals surface area contributed by atoms with E-state index in [4.69, 9.17) is 5.73 Å². The monoisotopic (exact) mass is 280 g/mol. The van der Waals surface area contributed by atoms with Gasteiger partial charge in [0.2, 0.25) is 0 Å². The van der Waals surface area contributed by atoms with E-state index < -0.39 is 0 Å². The van der Waals surface area contributed by atoms with Gasteiger partial charge in [-0.1, -0.05) is 6.07 Å². The lowest BCUT2D eigenvalue weighted by atomic mass is 10.1. The largest absolute Gasteiger partial charge is 0.399 e. The molecule has 4 heteroatoms. The van der Waals surface area contributed by atoms with E-state index in [-0.39, 0.29) is 18.3 Å². The molecule has 0 bridgehead atoms. The SMILES string of the molecule is CC(C1CC1)N(C(=O)c1cccc(N)c1)C1CC1.Cl. The van der Waals surface area contributed by atoms with Crippen molar-refractivity contribution < 1.29 is 4.79 Å². The lowest BCUT2D eigenvalue weighted by Gasteiger charge is -2.29. The third kappa shape index (κ3) is 3.03. The predicted octanol–water partition coefficient (Wildman–Crippen LogP) is 3.09. The lowest BCUT2D eigenvalue weighted by Crippen LogP contribution is -2.41. The normalized spacial score (nSPS) is 19.4. The Morgan fingerprint density at radius 1 is 1.32 bits per heavy atom. The Morgan fingerprint density at radius 3 is 2.53 bits per heavy atom. The molecule has 104 valence electrons. The Bertz CT molecular complexity index is 469. The summed E-state index contributed by atoms with van der Waals surface area (Å²) in [6.07, 6.45) is 4.86. The highest BCUT2D eigenvalue weighted by Gasteiger charge is 2.41. The van der Waals surface area contributed by atoms with Gasteiger partial charge in [0.1, 0.15) is 0 Å². The fourth-order valence-corrected chi connectivity index (χ4v) is 2.66. The number of benzene rings is 1. The second kappa shape index (κ2) is 5.41. The van der Waals surface area contributed by atoms with E-state index in [0.717, 1.165) is 24.3 Å². The van der Waals surface area contributed by atoms with Crippen molar-refractivity contribution in [3.8, 4) is 0 Å². The van der Waals surface area contributed by atoms with Crippen LogP contribution in [0.4, 0.5) is 5.69 Å². The average molecular weight is 281 g/mol. The first-order chi connectivity index (χ1) is 8.66. The van der Waals surface area contributed by atoms with Crippen molar-refractivity contribution in [1.82, 2.24) is 4.90 Å². The number of nitrogen functional groups attached to an aromatic ring is 1. The summed E-state index contributed by atoms with van der Waals surface area (Å²) in [5.74, 6) is 0.875. The van der Waals surface area contributed by atoms with E-state index in [1.807, 2.05) is 18.2 Å². The summed E-state index contributed by atoms with van der Waals surface area (Å²) in [6.45, 7) is 2.19. The number of carbonyl (C=O) groups excluding carboxylic acids is 1. The molecule has 1 aromatic rings. The maximum Gasteiger partial charge on any atom is 0.254 e. The van der Waals surface area contributed by atoms with Crippen LogP contribution in [0.3, 0.4) is 0 Å². The fraction of sp³-hybridized carbons (Fsp3) is 0.533. The van der Waals surface area contributed by atoms with Crippen LogP contribution >= 0.6 is 12.4 Å². The highest BCUT2D eigenvalue weighted by Crippen LogP contribution is 2.40. The van der Waals surface area contributed by atoms with Crippen molar-refractivity contribution >= 4 is 24.0 Å². The van der Waals surface area contributed by atoms with Crippen LogP contribution in [0.1, 0.15) is 43.0 Å². The number of halogens is 1. The summed E-state index contributed by atoms with van der Waals surface area (Å²) in [4.78, 5) is 14.7. The summed E-state index contributed by atoms with van der Waals surface area (Å²) >= 11 is 0. The van der Waals surface area contributed by atoms with Crippen molar-refractivity contribution in [1.29, 1.82) is 0 Å². The number of rotatable bonds is 4. The standard InChI is InChI=1S/C15H20N2O.ClH/c1-10(11-5-6-11)17(14-7-8-14)15(18)12-3-2-4-13(16)9-12;/h2-4,9-11,14H,5-8,16H2,1H3;1H. The Balaban J connectivity index is 0.00000133. The molecule has 2 fully saturated rings. The van der Waals surface area contributed by atoms with E-state index in [9.17, 15) is 4.79 Å². The van der Waals surface area contributed by atoms with Crippen LogP contribution in [0.5, 0.6) is 0 Å². The summed E-state index contributed by atoms with van der Waals surface area (Å²) in [5.41, 5.74) is 7.16. The number of hydrogen-bond donors (Lipinski definition) is 1. The van der Waals surface area contributed by atoms with Gasteiger partial charge in [0, 0.05) is 23.3 Å². The van der Waals surface area contributed by atoms with Gasteiger partial charge in [0.15, 0.2) is 0 Å². The first kappa shape index (κ1) is 14.2. The Labute approximate surface area is 120 Å². The van der Waals surface area contributed by atoms with Crippen molar-refractivity contribution in [3.05, 3.63) is 29.8 Å². The molecular weight excluding hydrogens is 260 g/mol. The molecule has 2 aliphatic rings. The van der Waals surface area contributed by atoms with E-state index >= 15 is 0 Å². The van der Waals surface area contributed by atoms with Crippen molar-refractivity contribution in [2.75, 3.05) is 5.73 Å². The lowest BCUT2D eigenvalue weighted by molar-refractivity contribution is 0.0654. The molecule has 0 radical (unpaired) electrons. The van der Waals surface area contributed by atoms with Crippen LogP contribution in [-0.4, -0.2) is 22.9 Å². The molecule has 1 amide bonds. The summed E-state index contributed by atoms with van der Waals surface area (Å²) in [7, 11) is 0. The van der Waals surface area contributed by atoms with E-state index in [1.54, 1.807) is 6.07 Å². The minimum atomic E-state index is 0. The van der Waals surface area contributed by atoms with Crippen LogP contribution in [0.25, 0.3) is 0 Å². The Hall–Kier alpha value is -1.22. The number of hydrogen-bond acceptors (Lipinski definition) is 2. The van der Waals surface area contributed by atoms with Gasteiger partial charge >= 0.3 is 0 Å². The van der Waals surface area contributed by atoms with Crippen LogP contribution in [0.2, 0.25) is 0 Å². The number of nitrogens with zero attached hydrogens (tertiary/aromatic N) is 1. The number of anilines is 1. The average Bonchev–Trinajstić information content (AvgIpc) is 3.21. The van der Waals surface area contributed by atoms with Gasteiger partial charge in [-0.25, -0.2) is 0 Å². The number of nitrogens with two attached hydrogens (primary N) is 1. The van der Waals surface area contributed by atoms with Crippen LogP contribution in [0.15, 0.2) is 24.3 Å². The minimum absolute atomic E-state index is 0.